The van der Waals surface area contributed by atoms with E-state index in [0.29, 0.717) is 11.7 Å². The lowest BCUT2D eigenvalue weighted by atomic mass is 9.89. The molecule has 0 spiro atoms. The van der Waals surface area contributed by atoms with E-state index < -0.39 is 0 Å². The molecule has 0 bridgehead atoms. The molecule has 0 saturated carbocycles. The molecule has 0 radical (unpaired) electrons. The van der Waals surface area contributed by atoms with Crippen LogP contribution in [0.25, 0.3) is 5.57 Å². The molecule has 1 N–H and O–H groups in total. The Hall–Kier alpha value is -2.02. The molecule has 0 saturated heterocycles. The van der Waals surface area contributed by atoms with Crippen LogP contribution in [0.1, 0.15) is 46.6 Å². The minimum Gasteiger partial charge on any atom is -0.508 e. The average molecular weight is 296 g/mol. The molecule has 0 heterocycles. The molecular formula is C21H28O. The average Bonchev–Trinajstić information content (AvgIpc) is 2.43. The molecule has 0 aliphatic heterocycles. The number of rotatable bonds is 6. The van der Waals surface area contributed by atoms with Gasteiger partial charge >= 0.3 is 0 Å². The smallest absolute Gasteiger partial charge is 0.115 e. The maximum absolute atomic E-state index is 9.54. The van der Waals surface area contributed by atoms with Gasteiger partial charge in [0.15, 0.2) is 0 Å². The summed E-state index contributed by atoms with van der Waals surface area (Å²) in [5.41, 5.74) is 5.96. The first-order valence-electron chi connectivity index (χ1n) is 7.84. The Morgan fingerprint density at radius 3 is 2.18 bits per heavy atom. The normalized spacial score (nSPS) is 13.6. The molecule has 0 fully saturated rings. The van der Waals surface area contributed by atoms with Crippen LogP contribution < -0.4 is 0 Å². The first-order chi connectivity index (χ1) is 10.3. The first kappa shape index (κ1) is 18.0. The van der Waals surface area contributed by atoms with Crippen molar-refractivity contribution in [3.63, 3.8) is 0 Å². The Labute approximate surface area is 135 Å². The Morgan fingerprint density at radius 2 is 1.73 bits per heavy atom. The summed E-state index contributed by atoms with van der Waals surface area (Å²) in [5.74, 6) is 0.902. The van der Waals surface area contributed by atoms with Crippen molar-refractivity contribution in [1.82, 2.24) is 0 Å². The van der Waals surface area contributed by atoms with Crippen molar-refractivity contribution in [2.45, 2.75) is 41.0 Å². The maximum Gasteiger partial charge on any atom is 0.115 e. The standard InChI is InChI=1S/C21H28O/c1-7-18(9-8-15(2)3)21(17(6)14-16(4)5)19-10-12-20(22)13-11-19/h7-13,16,22H,2,14H2,1,3-6H3. The van der Waals surface area contributed by atoms with Crippen LogP contribution in [0.15, 0.2) is 65.8 Å². The van der Waals surface area contributed by atoms with E-state index in [1.807, 2.05) is 25.1 Å². The molecule has 0 atom stereocenters. The van der Waals surface area contributed by atoms with Gasteiger partial charge in [0.2, 0.25) is 0 Å². The van der Waals surface area contributed by atoms with Crippen LogP contribution in [0.4, 0.5) is 0 Å². The summed E-state index contributed by atoms with van der Waals surface area (Å²) in [6.45, 7) is 14.6. The minimum absolute atomic E-state index is 0.295. The summed E-state index contributed by atoms with van der Waals surface area (Å²) in [6, 6.07) is 7.45. The lowest BCUT2D eigenvalue weighted by Crippen LogP contribution is -1.96. The Kier molecular flexibility index (Phi) is 6.91. The van der Waals surface area contributed by atoms with E-state index in [2.05, 4.69) is 46.4 Å². The lowest BCUT2D eigenvalue weighted by Gasteiger charge is -2.16. The molecule has 1 heteroatoms. The predicted molar refractivity (Wildman–Crippen MR) is 97.9 cm³/mol. The highest BCUT2D eigenvalue weighted by Crippen LogP contribution is 2.31. The van der Waals surface area contributed by atoms with E-state index in [-0.39, 0.29) is 0 Å². The number of hydrogen-bond acceptors (Lipinski definition) is 1. The fourth-order valence-corrected chi connectivity index (χ4v) is 2.56. The van der Waals surface area contributed by atoms with E-state index in [4.69, 9.17) is 0 Å². The van der Waals surface area contributed by atoms with E-state index in [1.165, 1.54) is 16.7 Å². The molecule has 1 aromatic carbocycles. The summed E-state index contributed by atoms with van der Waals surface area (Å²) in [5, 5.41) is 9.54. The number of phenolic OH excluding ortho intramolecular Hbond substituents is 1. The summed E-state index contributed by atoms with van der Waals surface area (Å²) >= 11 is 0. The number of phenols is 1. The maximum atomic E-state index is 9.54. The van der Waals surface area contributed by atoms with Gasteiger partial charge in [0, 0.05) is 0 Å². The highest BCUT2D eigenvalue weighted by Gasteiger charge is 2.11. The van der Waals surface area contributed by atoms with Crippen LogP contribution >= 0.6 is 0 Å². The van der Waals surface area contributed by atoms with Gasteiger partial charge in [-0.1, -0.05) is 61.9 Å². The number of aromatic hydroxyl groups is 1. The van der Waals surface area contributed by atoms with Gasteiger partial charge in [-0.2, -0.15) is 0 Å². The van der Waals surface area contributed by atoms with Crippen LogP contribution in [0.2, 0.25) is 0 Å². The van der Waals surface area contributed by atoms with Crippen molar-refractivity contribution >= 4 is 5.57 Å². The van der Waals surface area contributed by atoms with Crippen LogP contribution in [-0.2, 0) is 0 Å². The van der Waals surface area contributed by atoms with Crippen LogP contribution in [-0.4, -0.2) is 5.11 Å². The van der Waals surface area contributed by atoms with Crippen molar-refractivity contribution < 1.29 is 5.11 Å². The highest BCUT2D eigenvalue weighted by atomic mass is 16.3. The zero-order valence-corrected chi connectivity index (χ0v) is 14.5. The molecular weight excluding hydrogens is 268 g/mol. The number of allylic oxidation sites excluding steroid dienone is 7. The van der Waals surface area contributed by atoms with Gasteiger partial charge in [0.05, 0.1) is 0 Å². The molecule has 0 aliphatic carbocycles. The van der Waals surface area contributed by atoms with Crippen molar-refractivity contribution in [2.24, 2.45) is 5.92 Å². The third-order valence-corrected chi connectivity index (χ3v) is 3.44. The number of benzene rings is 1. The van der Waals surface area contributed by atoms with Gasteiger partial charge in [-0.15, -0.1) is 0 Å². The molecule has 0 aliphatic rings. The molecule has 0 amide bonds. The van der Waals surface area contributed by atoms with Gasteiger partial charge < -0.3 is 5.11 Å². The Balaban J connectivity index is 3.39. The van der Waals surface area contributed by atoms with Gasteiger partial charge in [-0.25, -0.2) is 0 Å². The summed E-state index contributed by atoms with van der Waals surface area (Å²) in [4.78, 5) is 0. The third kappa shape index (κ3) is 5.40. The quantitative estimate of drug-likeness (QED) is 0.611. The van der Waals surface area contributed by atoms with E-state index in [0.717, 1.165) is 17.6 Å². The Bertz CT molecular complexity index is 595. The fraction of sp³-hybridized carbons (Fsp3) is 0.333. The second kappa shape index (κ2) is 8.43. The monoisotopic (exact) mass is 296 g/mol. The molecule has 1 nitrogen and oxygen atoms in total. The van der Waals surface area contributed by atoms with Crippen molar-refractivity contribution in [3.8, 4) is 5.75 Å². The van der Waals surface area contributed by atoms with Crippen LogP contribution in [0.3, 0.4) is 0 Å². The van der Waals surface area contributed by atoms with E-state index in [9.17, 15) is 5.11 Å². The Morgan fingerprint density at radius 1 is 1.14 bits per heavy atom. The largest absolute Gasteiger partial charge is 0.508 e. The van der Waals surface area contributed by atoms with Gasteiger partial charge in [-0.3, -0.25) is 0 Å². The molecule has 22 heavy (non-hydrogen) atoms. The molecule has 118 valence electrons. The minimum atomic E-state index is 0.295. The van der Waals surface area contributed by atoms with E-state index >= 15 is 0 Å². The second-order valence-electron chi connectivity index (χ2n) is 6.22. The highest BCUT2D eigenvalue weighted by molar-refractivity contribution is 5.84. The van der Waals surface area contributed by atoms with Crippen LogP contribution in [0.5, 0.6) is 5.75 Å². The van der Waals surface area contributed by atoms with Gasteiger partial charge in [-0.05, 0) is 62.0 Å². The van der Waals surface area contributed by atoms with Crippen LogP contribution in [0, 0.1) is 5.92 Å². The van der Waals surface area contributed by atoms with Gasteiger partial charge in [0.1, 0.15) is 5.75 Å². The topological polar surface area (TPSA) is 20.2 Å². The van der Waals surface area contributed by atoms with Crippen molar-refractivity contribution in [2.75, 3.05) is 0 Å². The van der Waals surface area contributed by atoms with Crippen molar-refractivity contribution in [3.05, 3.63) is 71.4 Å². The lowest BCUT2D eigenvalue weighted by molar-refractivity contribution is 0.475. The molecule has 1 aromatic rings. The fourth-order valence-electron chi connectivity index (χ4n) is 2.56. The first-order valence-corrected chi connectivity index (χ1v) is 7.84. The van der Waals surface area contributed by atoms with Gasteiger partial charge in [0.25, 0.3) is 0 Å². The predicted octanol–water partition coefficient (Wildman–Crippen LogP) is 6.29. The summed E-state index contributed by atoms with van der Waals surface area (Å²) < 4.78 is 0. The second-order valence-corrected chi connectivity index (χ2v) is 6.22. The zero-order chi connectivity index (χ0) is 16.7. The summed E-state index contributed by atoms with van der Waals surface area (Å²) in [7, 11) is 0. The van der Waals surface area contributed by atoms with E-state index in [1.54, 1.807) is 12.1 Å². The SMILES string of the molecule is C=C(C)C=CC(=CC)C(=C(C)CC(C)C)c1ccc(O)cc1. The molecule has 0 unspecified atom stereocenters. The third-order valence-electron chi connectivity index (χ3n) is 3.44. The molecule has 0 aromatic heterocycles. The van der Waals surface area contributed by atoms with Crippen molar-refractivity contribution in [1.29, 1.82) is 0 Å². The summed E-state index contributed by atoms with van der Waals surface area (Å²) in [6.07, 6.45) is 7.34. The zero-order valence-electron chi connectivity index (χ0n) is 14.5. The molecule has 1 rings (SSSR count). The number of hydrogen-bond donors (Lipinski definition) is 1.